The van der Waals surface area contributed by atoms with Crippen LogP contribution in [0, 0.1) is 11.3 Å². The minimum absolute atomic E-state index is 0.188. The van der Waals surface area contributed by atoms with Gasteiger partial charge in [0, 0.05) is 17.4 Å². The van der Waals surface area contributed by atoms with E-state index in [4.69, 9.17) is 5.26 Å². The third kappa shape index (κ3) is 2.81. The Labute approximate surface area is 115 Å². The van der Waals surface area contributed by atoms with Gasteiger partial charge in [0.15, 0.2) is 5.69 Å². The number of rotatable bonds is 4. The first-order chi connectivity index (χ1) is 9.56. The van der Waals surface area contributed by atoms with Gasteiger partial charge in [-0.05, 0) is 24.3 Å². The quantitative estimate of drug-likeness (QED) is 0.860. The number of aldehydes is 1. The maximum absolute atomic E-state index is 12.2. The third-order valence-electron chi connectivity index (χ3n) is 2.44. The zero-order valence-electron chi connectivity index (χ0n) is 10.1. The van der Waals surface area contributed by atoms with Gasteiger partial charge in [0.05, 0.1) is 0 Å². The molecule has 1 aromatic carbocycles. The van der Waals surface area contributed by atoms with Crippen molar-refractivity contribution in [1.29, 1.82) is 5.26 Å². The first kappa shape index (κ1) is 13.7. The number of pyridine rings is 1. The molecule has 0 unspecified atom stereocenters. The van der Waals surface area contributed by atoms with Gasteiger partial charge in [0.1, 0.15) is 17.3 Å². The Kier molecular flexibility index (Phi) is 3.77. The van der Waals surface area contributed by atoms with E-state index in [2.05, 4.69) is 9.71 Å². The number of hydrogen-bond donors (Lipinski definition) is 1. The van der Waals surface area contributed by atoms with Gasteiger partial charge in [-0.2, -0.15) is 5.26 Å². The van der Waals surface area contributed by atoms with Crippen molar-refractivity contribution >= 4 is 22.0 Å². The van der Waals surface area contributed by atoms with Gasteiger partial charge in [-0.15, -0.1) is 0 Å². The fourth-order valence-corrected chi connectivity index (χ4v) is 2.73. The number of nitriles is 1. The van der Waals surface area contributed by atoms with Crippen molar-refractivity contribution in [1.82, 2.24) is 4.98 Å². The molecule has 0 aliphatic carbocycles. The average molecular weight is 287 g/mol. The first-order valence-corrected chi connectivity index (χ1v) is 6.98. The van der Waals surface area contributed by atoms with E-state index in [9.17, 15) is 13.2 Å². The highest BCUT2D eigenvalue weighted by molar-refractivity contribution is 7.92. The largest absolute Gasteiger partial charge is 0.298 e. The van der Waals surface area contributed by atoms with Gasteiger partial charge in [0.25, 0.3) is 10.0 Å². The van der Waals surface area contributed by atoms with E-state index < -0.39 is 10.0 Å². The Bertz CT molecular complexity index is 795. The van der Waals surface area contributed by atoms with E-state index in [1.807, 2.05) is 0 Å². The van der Waals surface area contributed by atoms with Crippen LogP contribution >= 0.6 is 0 Å². The maximum atomic E-state index is 12.2. The molecule has 0 saturated heterocycles. The number of anilines is 1. The maximum Gasteiger partial charge on any atom is 0.264 e. The van der Waals surface area contributed by atoms with Crippen LogP contribution in [0.25, 0.3) is 0 Å². The molecule has 2 rings (SSSR count). The highest BCUT2D eigenvalue weighted by Crippen LogP contribution is 2.18. The van der Waals surface area contributed by atoms with Crippen LogP contribution in [0.15, 0.2) is 47.5 Å². The van der Waals surface area contributed by atoms with Gasteiger partial charge in [-0.1, -0.05) is 12.1 Å². The molecule has 1 aromatic heterocycles. The zero-order chi connectivity index (χ0) is 14.6. The lowest BCUT2D eigenvalue weighted by Crippen LogP contribution is -2.15. The van der Waals surface area contributed by atoms with E-state index >= 15 is 0 Å². The van der Waals surface area contributed by atoms with E-state index in [0.717, 1.165) is 0 Å². The number of aromatic nitrogens is 1. The van der Waals surface area contributed by atoms with Crippen molar-refractivity contribution in [3.05, 3.63) is 53.9 Å². The SMILES string of the molecule is N#Cc1ncccc1S(=O)(=O)Nc1cccc(C=O)c1. The Morgan fingerprint density at radius 2 is 2.05 bits per heavy atom. The molecule has 0 radical (unpaired) electrons. The smallest absolute Gasteiger partial charge is 0.264 e. The second-order valence-corrected chi connectivity index (χ2v) is 5.46. The molecular weight excluding hydrogens is 278 g/mol. The zero-order valence-corrected chi connectivity index (χ0v) is 11.0. The monoisotopic (exact) mass is 287 g/mol. The number of carbonyl (C=O) groups excluding carboxylic acids is 1. The van der Waals surface area contributed by atoms with Crippen molar-refractivity contribution in [3.8, 4) is 6.07 Å². The van der Waals surface area contributed by atoms with Crippen LogP contribution in [0.2, 0.25) is 0 Å². The molecule has 7 heteroatoms. The summed E-state index contributed by atoms with van der Waals surface area (Å²) in [5.41, 5.74) is 0.394. The summed E-state index contributed by atoms with van der Waals surface area (Å²) in [4.78, 5) is 14.2. The number of hydrogen-bond acceptors (Lipinski definition) is 5. The summed E-state index contributed by atoms with van der Waals surface area (Å²) in [7, 11) is -3.93. The van der Waals surface area contributed by atoms with Gasteiger partial charge >= 0.3 is 0 Å². The molecule has 100 valence electrons. The van der Waals surface area contributed by atoms with Crippen LogP contribution in [-0.2, 0) is 10.0 Å². The summed E-state index contributed by atoms with van der Waals surface area (Å²) in [5.74, 6) is 0. The fourth-order valence-electron chi connectivity index (χ4n) is 1.58. The Hall–Kier alpha value is -2.72. The molecular formula is C13H9N3O3S. The van der Waals surface area contributed by atoms with Crippen LogP contribution in [0.5, 0.6) is 0 Å². The van der Waals surface area contributed by atoms with Gasteiger partial charge in [0.2, 0.25) is 0 Å². The molecule has 0 bridgehead atoms. The van der Waals surface area contributed by atoms with Crippen LogP contribution in [0.1, 0.15) is 16.1 Å². The summed E-state index contributed by atoms with van der Waals surface area (Å²) < 4.78 is 26.7. The number of sulfonamides is 1. The minimum atomic E-state index is -3.93. The topological polar surface area (TPSA) is 99.9 Å². The highest BCUT2D eigenvalue weighted by Gasteiger charge is 2.19. The minimum Gasteiger partial charge on any atom is -0.298 e. The summed E-state index contributed by atoms with van der Waals surface area (Å²) >= 11 is 0. The summed E-state index contributed by atoms with van der Waals surface area (Å²) in [6.45, 7) is 0. The van der Waals surface area contributed by atoms with Crippen molar-refractivity contribution in [2.45, 2.75) is 4.90 Å². The van der Waals surface area contributed by atoms with E-state index in [0.29, 0.717) is 11.8 Å². The van der Waals surface area contributed by atoms with Gasteiger partial charge < -0.3 is 0 Å². The van der Waals surface area contributed by atoms with Crippen LogP contribution in [0.3, 0.4) is 0 Å². The van der Waals surface area contributed by atoms with Crippen molar-refractivity contribution < 1.29 is 13.2 Å². The predicted octanol–water partition coefficient (Wildman–Crippen LogP) is 1.57. The molecule has 0 fully saturated rings. The second kappa shape index (κ2) is 5.50. The summed E-state index contributed by atoms with van der Waals surface area (Å²) in [6, 6.07) is 10.4. The lowest BCUT2D eigenvalue weighted by atomic mass is 10.2. The molecule has 0 aliphatic heterocycles. The summed E-state index contributed by atoms with van der Waals surface area (Å²) in [5, 5.41) is 8.88. The second-order valence-electron chi connectivity index (χ2n) is 3.81. The Balaban J connectivity index is 2.41. The molecule has 0 amide bonds. The molecule has 0 aliphatic rings. The highest BCUT2D eigenvalue weighted by atomic mass is 32.2. The van der Waals surface area contributed by atoms with Crippen molar-refractivity contribution in [3.63, 3.8) is 0 Å². The van der Waals surface area contributed by atoms with Crippen LogP contribution in [0.4, 0.5) is 5.69 Å². The van der Waals surface area contributed by atoms with Crippen LogP contribution in [-0.4, -0.2) is 19.7 Å². The number of nitrogens with zero attached hydrogens (tertiary/aromatic N) is 2. The standard InChI is InChI=1S/C13H9N3O3S/c14-8-12-13(5-2-6-15-12)20(18,19)16-11-4-1-3-10(7-11)9-17/h1-7,9,16H. The molecule has 20 heavy (non-hydrogen) atoms. The van der Waals surface area contributed by atoms with Crippen molar-refractivity contribution in [2.24, 2.45) is 0 Å². The lowest BCUT2D eigenvalue weighted by molar-refractivity contribution is 0.112. The molecule has 1 N–H and O–H groups in total. The molecule has 0 saturated carbocycles. The molecule has 1 heterocycles. The Morgan fingerprint density at radius 1 is 1.25 bits per heavy atom. The Morgan fingerprint density at radius 3 is 2.75 bits per heavy atom. The third-order valence-corrected chi connectivity index (χ3v) is 3.85. The molecule has 2 aromatic rings. The summed E-state index contributed by atoms with van der Waals surface area (Å²) in [6.07, 6.45) is 1.95. The normalized spacial score (nSPS) is 10.6. The molecule has 0 atom stereocenters. The predicted molar refractivity (Wildman–Crippen MR) is 71.6 cm³/mol. The van der Waals surface area contributed by atoms with E-state index in [1.165, 1.54) is 30.5 Å². The lowest BCUT2D eigenvalue weighted by Gasteiger charge is -2.08. The van der Waals surface area contributed by atoms with E-state index in [-0.39, 0.29) is 16.3 Å². The van der Waals surface area contributed by atoms with Crippen molar-refractivity contribution in [2.75, 3.05) is 4.72 Å². The molecule has 0 spiro atoms. The number of carbonyl (C=O) groups is 1. The number of benzene rings is 1. The van der Waals surface area contributed by atoms with Crippen LogP contribution < -0.4 is 4.72 Å². The average Bonchev–Trinajstić information content (AvgIpc) is 2.47. The fraction of sp³-hybridized carbons (Fsp3) is 0. The van der Waals surface area contributed by atoms with Gasteiger partial charge in [-0.25, -0.2) is 13.4 Å². The molecule has 6 nitrogen and oxygen atoms in total. The van der Waals surface area contributed by atoms with E-state index in [1.54, 1.807) is 18.2 Å². The number of nitrogens with one attached hydrogen (secondary N) is 1. The van der Waals surface area contributed by atoms with Gasteiger partial charge in [-0.3, -0.25) is 9.52 Å². The first-order valence-electron chi connectivity index (χ1n) is 5.50.